The standard InChI is InChI=1S/C23H25NO/c1-22(19-8-4-2-5-9-19,20-10-6-3-7-11-20)14-15-23(25)18-24-16-12-21(23)13-17-24/h2-11,21,25H,12-13,16-18H2,1H3. The molecule has 0 aliphatic carbocycles. The maximum Gasteiger partial charge on any atom is 0.140 e. The molecule has 1 atom stereocenters. The van der Waals surface area contributed by atoms with Gasteiger partial charge in [0.2, 0.25) is 0 Å². The molecule has 2 aromatic carbocycles. The molecule has 0 radical (unpaired) electrons. The number of aliphatic hydroxyl groups is 1. The minimum atomic E-state index is -0.874. The average molecular weight is 331 g/mol. The van der Waals surface area contributed by atoms with Crippen LogP contribution in [0.3, 0.4) is 0 Å². The Hall–Kier alpha value is -2.08. The van der Waals surface area contributed by atoms with E-state index in [1.807, 2.05) is 12.1 Å². The number of nitrogens with zero attached hydrogens (tertiary/aromatic N) is 1. The number of fused-ring (bicyclic) bond motifs is 3. The van der Waals surface area contributed by atoms with Gasteiger partial charge in [-0.2, -0.15) is 0 Å². The van der Waals surface area contributed by atoms with Crippen LogP contribution in [-0.4, -0.2) is 35.2 Å². The molecule has 3 saturated heterocycles. The minimum Gasteiger partial charge on any atom is -0.376 e. The lowest BCUT2D eigenvalue weighted by molar-refractivity contribution is -0.0714. The van der Waals surface area contributed by atoms with Crippen molar-refractivity contribution in [2.24, 2.45) is 5.92 Å². The fraction of sp³-hybridized carbons (Fsp3) is 0.391. The molecule has 0 saturated carbocycles. The van der Waals surface area contributed by atoms with Crippen LogP contribution in [0.15, 0.2) is 60.7 Å². The Morgan fingerprint density at radius 2 is 1.48 bits per heavy atom. The highest BCUT2D eigenvalue weighted by atomic mass is 16.3. The number of hydrogen-bond acceptors (Lipinski definition) is 2. The van der Waals surface area contributed by atoms with Gasteiger partial charge >= 0.3 is 0 Å². The Bertz CT molecular complexity index is 742. The van der Waals surface area contributed by atoms with Crippen molar-refractivity contribution in [2.45, 2.75) is 30.8 Å². The van der Waals surface area contributed by atoms with Crippen molar-refractivity contribution in [3.05, 3.63) is 71.8 Å². The van der Waals surface area contributed by atoms with Crippen molar-refractivity contribution in [1.29, 1.82) is 0 Å². The predicted molar refractivity (Wildman–Crippen MR) is 101 cm³/mol. The van der Waals surface area contributed by atoms with Crippen molar-refractivity contribution in [1.82, 2.24) is 4.90 Å². The minimum absolute atomic E-state index is 0.306. The summed E-state index contributed by atoms with van der Waals surface area (Å²) in [7, 11) is 0. The topological polar surface area (TPSA) is 23.5 Å². The van der Waals surface area contributed by atoms with Crippen molar-refractivity contribution in [3.63, 3.8) is 0 Å². The van der Waals surface area contributed by atoms with Gasteiger partial charge in [-0.15, -0.1) is 0 Å². The van der Waals surface area contributed by atoms with E-state index in [9.17, 15) is 5.11 Å². The molecule has 5 rings (SSSR count). The molecule has 0 spiro atoms. The molecule has 0 aromatic heterocycles. The van der Waals surface area contributed by atoms with Gasteiger partial charge in [0.1, 0.15) is 5.60 Å². The zero-order valence-corrected chi connectivity index (χ0v) is 14.8. The van der Waals surface area contributed by atoms with E-state index in [-0.39, 0.29) is 0 Å². The zero-order valence-electron chi connectivity index (χ0n) is 14.8. The van der Waals surface area contributed by atoms with Gasteiger partial charge in [-0.3, -0.25) is 4.90 Å². The zero-order chi connectivity index (χ0) is 17.3. The predicted octanol–water partition coefficient (Wildman–Crippen LogP) is 3.45. The normalized spacial score (nSPS) is 28.2. The third-order valence-corrected chi connectivity index (χ3v) is 5.96. The summed E-state index contributed by atoms with van der Waals surface area (Å²) >= 11 is 0. The second kappa shape index (κ2) is 6.33. The second-order valence-corrected chi connectivity index (χ2v) is 7.58. The van der Waals surface area contributed by atoms with E-state index in [1.165, 1.54) is 11.1 Å². The first kappa shape index (κ1) is 16.4. The van der Waals surface area contributed by atoms with Gasteiger partial charge in [-0.1, -0.05) is 72.5 Å². The summed E-state index contributed by atoms with van der Waals surface area (Å²) in [5.41, 5.74) is 1.03. The fourth-order valence-electron chi connectivity index (χ4n) is 4.27. The van der Waals surface area contributed by atoms with Crippen molar-refractivity contribution in [3.8, 4) is 11.8 Å². The first-order valence-electron chi connectivity index (χ1n) is 9.20. The maximum atomic E-state index is 11.2. The van der Waals surface area contributed by atoms with Crippen LogP contribution in [-0.2, 0) is 5.41 Å². The van der Waals surface area contributed by atoms with Gasteiger partial charge in [0.25, 0.3) is 0 Å². The van der Waals surface area contributed by atoms with Crippen LogP contribution >= 0.6 is 0 Å². The number of hydrogen-bond donors (Lipinski definition) is 1. The number of piperidine rings is 3. The van der Waals surface area contributed by atoms with E-state index in [0.29, 0.717) is 12.5 Å². The van der Waals surface area contributed by atoms with Crippen LogP contribution in [0.25, 0.3) is 0 Å². The fourth-order valence-corrected chi connectivity index (χ4v) is 4.27. The maximum absolute atomic E-state index is 11.2. The monoisotopic (exact) mass is 331 g/mol. The molecule has 2 aromatic rings. The first-order valence-corrected chi connectivity index (χ1v) is 9.20. The molecular weight excluding hydrogens is 306 g/mol. The van der Waals surface area contributed by atoms with Crippen molar-refractivity contribution >= 4 is 0 Å². The molecule has 2 bridgehead atoms. The summed E-state index contributed by atoms with van der Waals surface area (Å²) in [6, 6.07) is 20.8. The lowest BCUT2D eigenvalue weighted by Gasteiger charge is -2.48. The Labute approximate surface area is 150 Å². The number of benzene rings is 2. The third kappa shape index (κ3) is 2.99. The van der Waals surface area contributed by atoms with E-state index in [0.717, 1.165) is 25.9 Å². The molecule has 3 fully saturated rings. The molecule has 2 nitrogen and oxygen atoms in total. The largest absolute Gasteiger partial charge is 0.376 e. The molecule has 3 aliphatic heterocycles. The summed E-state index contributed by atoms with van der Waals surface area (Å²) < 4.78 is 0. The average Bonchev–Trinajstić information content (AvgIpc) is 2.68. The van der Waals surface area contributed by atoms with Crippen molar-refractivity contribution < 1.29 is 5.11 Å². The Kier molecular flexibility index (Phi) is 4.15. The van der Waals surface area contributed by atoms with Crippen LogP contribution in [0.1, 0.15) is 30.9 Å². The quantitative estimate of drug-likeness (QED) is 0.852. The van der Waals surface area contributed by atoms with Gasteiger partial charge in [0.05, 0.1) is 5.41 Å². The molecule has 25 heavy (non-hydrogen) atoms. The van der Waals surface area contributed by atoms with E-state index < -0.39 is 11.0 Å². The van der Waals surface area contributed by atoms with Crippen molar-refractivity contribution in [2.75, 3.05) is 19.6 Å². The smallest absolute Gasteiger partial charge is 0.140 e. The molecule has 2 heteroatoms. The lowest BCUT2D eigenvalue weighted by Crippen LogP contribution is -2.58. The summed E-state index contributed by atoms with van der Waals surface area (Å²) in [5.74, 6) is 7.13. The highest BCUT2D eigenvalue weighted by Crippen LogP contribution is 2.37. The van der Waals surface area contributed by atoms with Crippen LogP contribution in [0, 0.1) is 17.8 Å². The molecule has 3 aliphatic rings. The van der Waals surface area contributed by atoms with E-state index in [2.05, 4.69) is 72.2 Å². The van der Waals surface area contributed by atoms with Crippen LogP contribution in [0.2, 0.25) is 0 Å². The molecule has 1 unspecified atom stereocenters. The van der Waals surface area contributed by atoms with Gasteiger partial charge < -0.3 is 5.11 Å². The van der Waals surface area contributed by atoms with E-state index in [4.69, 9.17) is 0 Å². The second-order valence-electron chi connectivity index (χ2n) is 7.58. The summed E-state index contributed by atoms with van der Waals surface area (Å²) in [6.07, 6.45) is 2.11. The molecule has 128 valence electrons. The molecule has 0 amide bonds. The molecule has 3 heterocycles. The summed E-state index contributed by atoms with van der Waals surface area (Å²) in [4.78, 5) is 2.34. The Morgan fingerprint density at radius 3 is 1.92 bits per heavy atom. The summed E-state index contributed by atoms with van der Waals surface area (Å²) in [6.45, 7) is 5.05. The van der Waals surface area contributed by atoms with Gasteiger partial charge in [0, 0.05) is 12.5 Å². The number of rotatable bonds is 2. The SMILES string of the molecule is CC(C#CC1(O)CN2CCC1CC2)(c1ccccc1)c1ccccc1. The first-order chi connectivity index (χ1) is 12.1. The molecular formula is C23H25NO. The highest BCUT2D eigenvalue weighted by molar-refractivity contribution is 5.48. The van der Waals surface area contributed by atoms with E-state index >= 15 is 0 Å². The van der Waals surface area contributed by atoms with Gasteiger partial charge in [0.15, 0.2) is 0 Å². The lowest BCUT2D eigenvalue weighted by atomic mass is 9.73. The van der Waals surface area contributed by atoms with Crippen LogP contribution < -0.4 is 0 Å². The van der Waals surface area contributed by atoms with Gasteiger partial charge in [-0.25, -0.2) is 0 Å². The molecule has 1 N–H and O–H groups in total. The summed E-state index contributed by atoms with van der Waals surface area (Å²) in [5, 5.41) is 11.2. The highest BCUT2D eigenvalue weighted by Gasteiger charge is 2.44. The third-order valence-electron chi connectivity index (χ3n) is 5.96. The Morgan fingerprint density at radius 1 is 0.960 bits per heavy atom. The Balaban J connectivity index is 1.76. The van der Waals surface area contributed by atoms with Gasteiger partial charge in [-0.05, 0) is 44.0 Å². The van der Waals surface area contributed by atoms with Crippen LogP contribution in [0.5, 0.6) is 0 Å². The van der Waals surface area contributed by atoms with E-state index in [1.54, 1.807) is 0 Å². The van der Waals surface area contributed by atoms with Crippen LogP contribution in [0.4, 0.5) is 0 Å².